The lowest BCUT2D eigenvalue weighted by molar-refractivity contribution is -0.139. The molecular weight excluding hydrogens is 463 g/mol. The Balaban J connectivity index is 1.56. The molecule has 0 amide bonds. The van der Waals surface area contributed by atoms with Gasteiger partial charge in [-0.2, -0.15) is 10.1 Å². The summed E-state index contributed by atoms with van der Waals surface area (Å²) in [6, 6.07) is 12.4. The van der Waals surface area contributed by atoms with Crippen LogP contribution in [-0.4, -0.2) is 27.3 Å². The lowest BCUT2D eigenvalue weighted by Crippen LogP contribution is -2.29. The number of allylic oxidation sites excluding steroid dienone is 1. The summed E-state index contributed by atoms with van der Waals surface area (Å²) in [4.78, 5) is 17.2. The van der Waals surface area contributed by atoms with E-state index < -0.39 is 6.04 Å². The van der Waals surface area contributed by atoms with E-state index in [4.69, 9.17) is 32.7 Å². The number of anilines is 1. The highest BCUT2D eigenvalue weighted by Gasteiger charge is 2.34. The van der Waals surface area contributed by atoms with Gasteiger partial charge in [0.25, 0.3) is 0 Å². The number of carbonyl (C=O) groups is 1. The zero-order valence-electron chi connectivity index (χ0n) is 18.3. The molecule has 0 saturated heterocycles. The van der Waals surface area contributed by atoms with Crippen molar-refractivity contribution in [3.63, 3.8) is 0 Å². The predicted molar refractivity (Wildman–Crippen MR) is 128 cm³/mol. The van der Waals surface area contributed by atoms with Crippen LogP contribution in [-0.2, 0) is 16.1 Å². The molecule has 1 N–H and O–H groups in total. The molecule has 0 spiro atoms. The van der Waals surface area contributed by atoms with Gasteiger partial charge in [0.2, 0.25) is 5.95 Å². The normalized spacial score (nSPS) is 15.1. The first-order chi connectivity index (χ1) is 16.0. The third-order valence-electron chi connectivity index (χ3n) is 5.35. The molecule has 1 atom stereocenters. The molecular formula is C24H24Cl2N4O3. The zero-order valence-corrected chi connectivity index (χ0v) is 19.9. The van der Waals surface area contributed by atoms with Gasteiger partial charge in [0.05, 0.1) is 12.2 Å². The highest BCUT2D eigenvalue weighted by molar-refractivity contribution is 6.35. The van der Waals surface area contributed by atoms with Gasteiger partial charge in [-0.05, 0) is 43.2 Å². The van der Waals surface area contributed by atoms with Crippen molar-refractivity contribution < 1.29 is 14.3 Å². The second kappa shape index (κ2) is 10.3. The first-order valence-corrected chi connectivity index (χ1v) is 11.4. The van der Waals surface area contributed by atoms with Gasteiger partial charge < -0.3 is 14.8 Å². The van der Waals surface area contributed by atoms with Crippen molar-refractivity contribution in [2.75, 3.05) is 11.9 Å². The van der Waals surface area contributed by atoms with E-state index in [0.29, 0.717) is 46.2 Å². The fraction of sp³-hybridized carbons (Fsp3) is 0.292. The Morgan fingerprint density at radius 3 is 2.70 bits per heavy atom. The summed E-state index contributed by atoms with van der Waals surface area (Å²) in [7, 11) is 0. The van der Waals surface area contributed by atoms with Crippen LogP contribution in [0.4, 0.5) is 5.95 Å². The second-order valence-electron chi connectivity index (χ2n) is 7.68. The van der Waals surface area contributed by atoms with Crippen LogP contribution in [0.1, 0.15) is 43.9 Å². The minimum Gasteiger partial charge on any atom is -0.489 e. The summed E-state index contributed by atoms with van der Waals surface area (Å²) in [6.45, 7) is 4.58. The van der Waals surface area contributed by atoms with Crippen molar-refractivity contribution in [2.24, 2.45) is 0 Å². The van der Waals surface area contributed by atoms with Gasteiger partial charge in [-0.15, -0.1) is 0 Å². The number of halogens is 2. The smallest absolute Gasteiger partial charge is 0.338 e. The number of aromatic nitrogens is 3. The molecule has 1 aliphatic rings. The van der Waals surface area contributed by atoms with Crippen LogP contribution in [0.25, 0.3) is 0 Å². The second-order valence-corrected chi connectivity index (χ2v) is 8.52. The minimum absolute atomic E-state index is 0.309. The van der Waals surface area contributed by atoms with Gasteiger partial charge in [-0.25, -0.2) is 9.48 Å². The molecule has 1 aliphatic heterocycles. The van der Waals surface area contributed by atoms with Crippen molar-refractivity contribution in [1.82, 2.24) is 14.8 Å². The average molecular weight is 487 g/mol. The van der Waals surface area contributed by atoms with Crippen LogP contribution in [0, 0.1) is 0 Å². The molecule has 1 aromatic heterocycles. The van der Waals surface area contributed by atoms with E-state index in [0.717, 1.165) is 24.0 Å². The van der Waals surface area contributed by atoms with Gasteiger partial charge in [-0.1, -0.05) is 54.7 Å². The van der Waals surface area contributed by atoms with Crippen LogP contribution >= 0.6 is 23.2 Å². The number of nitrogens with zero attached hydrogens (tertiary/aromatic N) is 3. The molecule has 0 fully saturated rings. The number of unbranched alkanes of at least 4 members (excludes halogenated alkanes) is 1. The minimum atomic E-state index is -0.461. The summed E-state index contributed by atoms with van der Waals surface area (Å²) >= 11 is 12.2. The van der Waals surface area contributed by atoms with E-state index in [2.05, 4.69) is 22.3 Å². The maximum atomic E-state index is 13.0. The zero-order chi connectivity index (χ0) is 23.4. The molecule has 172 valence electrons. The van der Waals surface area contributed by atoms with Crippen molar-refractivity contribution in [3.8, 4) is 5.75 Å². The van der Waals surface area contributed by atoms with Crippen LogP contribution < -0.4 is 10.1 Å². The maximum Gasteiger partial charge on any atom is 0.338 e. The van der Waals surface area contributed by atoms with Crippen molar-refractivity contribution >= 4 is 35.1 Å². The fourth-order valence-corrected chi connectivity index (χ4v) is 4.06. The topological polar surface area (TPSA) is 78.3 Å². The van der Waals surface area contributed by atoms with Crippen LogP contribution in [0.5, 0.6) is 5.75 Å². The Kier molecular flexibility index (Phi) is 7.20. The van der Waals surface area contributed by atoms with E-state index in [1.54, 1.807) is 16.8 Å². The Morgan fingerprint density at radius 2 is 1.97 bits per heavy atom. The quantitative estimate of drug-likeness (QED) is 0.320. The number of ether oxygens (including phenoxy) is 2. The lowest BCUT2D eigenvalue weighted by Gasteiger charge is -2.28. The molecule has 0 radical (unpaired) electrons. The average Bonchev–Trinajstić information content (AvgIpc) is 3.26. The van der Waals surface area contributed by atoms with Gasteiger partial charge in [-0.3, -0.25) is 0 Å². The molecule has 4 rings (SSSR count). The number of fused-ring (bicyclic) bond motifs is 1. The number of benzene rings is 2. The maximum absolute atomic E-state index is 13.0. The van der Waals surface area contributed by atoms with Crippen molar-refractivity contribution in [3.05, 3.63) is 81.2 Å². The summed E-state index contributed by atoms with van der Waals surface area (Å²) in [5, 5.41) is 8.61. The Hall–Kier alpha value is -3.03. The largest absolute Gasteiger partial charge is 0.489 e. The molecule has 0 saturated carbocycles. The SMILES string of the molecule is CCCCOC(=O)C1=C(C)Nc2ncnn2C1c1ccc(OCc2ccc(Cl)cc2Cl)cc1. The highest BCUT2D eigenvalue weighted by atomic mass is 35.5. The van der Waals surface area contributed by atoms with E-state index >= 15 is 0 Å². The Labute approximate surface area is 202 Å². The monoisotopic (exact) mass is 486 g/mol. The van der Waals surface area contributed by atoms with E-state index in [1.807, 2.05) is 37.3 Å². The Bertz CT molecular complexity index is 1170. The lowest BCUT2D eigenvalue weighted by atomic mass is 9.96. The summed E-state index contributed by atoms with van der Waals surface area (Å²) in [6.07, 6.45) is 3.22. The molecule has 33 heavy (non-hydrogen) atoms. The number of esters is 1. The van der Waals surface area contributed by atoms with Crippen LogP contribution in [0.15, 0.2) is 60.1 Å². The van der Waals surface area contributed by atoms with Crippen molar-refractivity contribution in [2.45, 2.75) is 39.3 Å². The van der Waals surface area contributed by atoms with Gasteiger partial charge in [0.1, 0.15) is 24.7 Å². The van der Waals surface area contributed by atoms with Gasteiger partial charge in [0, 0.05) is 21.3 Å². The molecule has 2 heterocycles. The van der Waals surface area contributed by atoms with Crippen molar-refractivity contribution in [1.29, 1.82) is 0 Å². The summed E-state index contributed by atoms with van der Waals surface area (Å²) in [5.74, 6) is 0.878. The number of hydrogen-bond donors (Lipinski definition) is 1. The summed E-state index contributed by atoms with van der Waals surface area (Å²) < 4.78 is 13.1. The predicted octanol–water partition coefficient (Wildman–Crippen LogP) is 5.80. The van der Waals surface area contributed by atoms with E-state index in [9.17, 15) is 4.79 Å². The first kappa shape index (κ1) is 23.1. The van der Waals surface area contributed by atoms with Gasteiger partial charge >= 0.3 is 5.97 Å². The van der Waals surface area contributed by atoms with Crippen LogP contribution in [0.2, 0.25) is 10.0 Å². The Morgan fingerprint density at radius 1 is 1.18 bits per heavy atom. The standard InChI is InChI=1S/C24H24Cl2N4O3/c1-3-4-11-32-23(31)21-15(2)29-24-27-14-28-30(24)22(21)16-6-9-19(10-7-16)33-13-17-5-8-18(25)12-20(17)26/h5-10,12,14,22H,3-4,11,13H2,1-2H3,(H,27,28,29). The molecule has 3 aromatic rings. The molecule has 0 aliphatic carbocycles. The van der Waals surface area contributed by atoms with E-state index in [-0.39, 0.29) is 5.97 Å². The number of rotatable bonds is 8. The van der Waals surface area contributed by atoms with E-state index in [1.165, 1.54) is 6.33 Å². The fourth-order valence-electron chi connectivity index (χ4n) is 3.60. The molecule has 2 aromatic carbocycles. The third kappa shape index (κ3) is 5.15. The number of nitrogens with one attached hydrogen (secondary N) is 1. The molecule has 0 bridgehead atoms. The summed E-state index contributed by atoms with van der Waals surface area (Å²) in [5.41, 5.74) is 2.90. The molecule has 9 heteroatoms. The molecule has 1 unspecified atom stereocenters. The first-order valence-electron chi connectivity index (χ1n) is 10.7. The molecule has 7 nitrogen and oxygen atoms in total. The highest BCUT2D eigenvalue weighted by Crippen LogP contribution is 2.36. The van der Waals surface area contributed by atoms with Gasteiger partial charge in [0.15, 0.2) is 0 Å². The number of carbonyl (C=O) groups excluding carboxylic acids is 1. The number of hydrogen-bond acceptors (Lipinski definition) is 6. The van der Waals surface area contributed by atoms with Crippen LogP contribution in [0.3, 0.4) is 0 Å². The third-order valence-corrected chi connectivity index (χ3v) is 5.94.